The molecule has 1 aliphatic carbocycles. The molecule has 1 heterocycles. The minimum atomic E-state index is 0.0175. The number of benzene rings is 1. The fraction of sp³-hybridized carbons (Fsp3) is 0.357. The second-order valence-electron chi connectivity index (χ2n) is 4.64. The normalized spacial score (nSPS) is 36.6. The van der Waals surface area contributed by atoms with E-state index in [1.165, 1.54) is 5.56 Å². The molecule has 3 unspecified atom stereocenters. The molecule has 2 aliphatic rings. The minimum absolute atomic E-state index is 0.0175. The molecular weight excluding hydrogens is 236 g/mol. The summed E-state index contributed by atoms with van der Waals surface area (Å²) in [6.45, 7) is 3.90. The van der Waals surface area contributed by atoms with Crippen molar-refractivity contribution in [3.05, 3.63) is 48.6 Å². The molecular formula is C14H14CrO. The molecule has 2 fully saturated rings. The van der Waals surface area contributed by atoms with Gasteiger partial charge >= 0.3 is 104 Å². The third kappa shape index (κ3) is 1.45. The van der Waals surface area contributed by atoms with Gasteiger partial charge in [-0.2, -0.15) is 0 Å². The van der Waals surface area contributed by atoms with Crippen molar-refractivity contribution in [2.24, 2.45) is 5.92 Å². The predicted octanol–water partition coefficient (Wildman–Crippen LogP) is 2.81. The van der Waals surface area contributed by atoms with Crippen LogP contribution in [0.1, 0.15) is 24.3 Å². The number of hydrogen-bond donors (Lipinski definition) is 0. The van der Waals surface area contributed by atoms with Crippen LogP contribution in [0, 0.1) is 5.92 Å². The first-order chi connectivity index (χ1) is 7.76. The van der Waals surface area contributed by atoms with Gasteiger partial charge in [-0.05, 0) is 0 Å². The first-order valence-corrected chi connectivity index (χ1v) is 6.29. The van der Waals surface area contributed by atoms with Crippen LogP contribution in [-0.2, 0) is 20.6 Å². The SMILES string of the molecule is C=CC1CC12O[C](=[Cr])CC2c1ccccc1. The van der Waals surface area contributed by atoms with Gasteiger partial charge in [0.25, 0.3) is 0 Å². The molecule has 2 heteroatoms. The first kappa shape index (κ1) is 10.5. The summed E-state index contributed by atoms with van der Waals surface area (Å²) in [5, 5.41) is 0. The van der Waals surface area contributed by atoms with Crippen LogP contribution in [0.25, 0.3) is 0 Å². The topological polar surface area (TPSA) is 9.23 Å². The van der Waals surface area contributed by atoms with Gasteiger partial charge in [0, 0.05) is 0 Å². The van der Waals surface area contributed by atoms with Crippen LogP contribution in [0.4, 0.5) is 0 Å². The molecule has 3 atom stereocenters. The third-order valence-electron chi connectivity index (χ3n) is 3.76. The van der Waals surface area contributed by atoms with Gasteiger partial charge in [0.1, 0.15) is 0 Å². The Bertz CT molecular complexity index is 439. The van der Waals surface area contributed by atoms with Crippen molar-refractivity contribution < 1.29 is 20.6 Å². The zero-order valence-corrected chi connectivity index (χ0v) is 10.3. The van der Waals surface area contributed by atoms with Gasteiger partial charge in [0.05, 0.1) is 0 Å². The first-order valence-electron chi connectivity index (χ1n) is 5.65. The summed E-state index contributed by atoms with van der Waals surface area (Å²) in [6, 6.07) is 10.7. The van der Waals surface area contributed by atoms with E-state index in [1.54, 1.807) is 0 Å². The molecule has 1 aromatic rings. The number of rotatable bonds is 2. The molecule has 1 aromatic carbocycles. The quantitative estimate of drug-likeness (QED) is 0.733. The molecule has 0 aromatic heterocycles. The molecule has 1 saturated carbocycles. The van der Waals surface area contributed by atoms with Crippen molar-refractivity contribution in [2.75, 3.05) is 0 Å². The van der Waals surface area contributed by atoms with Gasteiger partial charge in [0.2, 0.25) is 0 Å². The van der Waals surface area contributed by atoms with Crippen LogP contribution in [0.15, 0.2) is 43.0 Å². The average Bonchev–Trinajstić information content (AvgIpc) is 2.90. The Labute approximate surface area is 104 Å². The van der Waals surface area contributed by atoms with E-state index >= 15 is 0 Å². The van der Waals surface area contributed by atoms with Crippen LogP contribution in [0.2, 0.25) is 0 Å². The second kappa shape index (κ2) is 3.67. The molecule has 3 rings (SSSR count). The monoisotopic (exact) mass is 250 g/mol. The van der Waals surface area contributed by atoms with Gasteiger partial charge in [-0.1, -0.05) is 0 Å². The summed E-state index contributed by atoms with van der Waals surface area (Å²) in [4.78, 5) is 0. The maximum absolute atomic E-state index is 6.02. The van der Waals surface area contributed by atoms with Crippen molar-refractivity contribution in [2.45, 2.75) is 24.4 Å². The summed E-state index contributed by atoms with van der Waals surface area (Å²) in [5.74, 6) is 1.01. The van der Waals surface area contributed by atoms with Crippen LogP contribution < -0.4 is 0 Å². The van der Waals surface area contributed by atoms with E-state index in [0.29, 0.717) is 11.8 Å². The predicted molar refractivity (Wildman–Crippen MR) is 60.9 cm³/mol. The van der Waals surface area contributed by atoms with Crippen LogP contribution >= 0.6 is 0 Å². The van der Waals surface area contributed by atoms with Crippen LogP contribution in [-0.4, -0.2) is 10.2 Å². The van der Waals surface area contributed by atoms with Gasteiger partial charge < -0.3 is 0 Å². The van der Waals surface area contributed by atoms with Gasteiger partial charge in [-0.25, -0.2) is 0 Å². The standard InChI is InChI=1S/C14H14O.Cr/c1-2-12-10-14(12)13(8-9-15-14)11-6-4-3-5-7-11;/h2-7,12-13H,1,8,10H2;. The van der Waals surface area contributed by atoms with Crippen molar-refractivity contribution in [3.8, 4) is 0 Å². The summed E-state index contributed by atoms with van der Waals surface area (Å²) in [5.41, 5.74) is 1.40. The van der Waals surface area contributed by atoms with Crippen LogP contribution in [0.3, 0.4) is 0 Å². The zero-order valence-electron chi connectivity index (χ0n) is 9.06. The van der Waals surface area contributed by atoms with Crippen molar-refractivity contribution in [3.63, 3.8) is 0 Å². The number of ether oxygens (including phenoxy) is 1. The van der Waals surface area contributed by atoms with E-state index < -0.39 is 0 Å². The fourth-order valence-electron chi connectivity index (χ4n) is 2.84. The fourth-order valence-corrected chi connectivity index (χ4v) is 3.34. The van der Waals surface area contributed by atoms with Crippen LogP contribution in [0.5, 0.6) is 0 Å². The van der Waals surface area contributed by atoms with Crippen molar-refractivity contribution in [1.82, 2.24) is 0 Å². The zero-order chi connectivity index (χ0) is 11.2. The van der Waals surface area contributed by atoms with E-state index in [9.17, 15) is 0 Å². The Kier molecular flexibility index (Phi) is 2.40. The Morgan fingerprint density at radius 2 is 2.12 bits per heavy atom. The molecule has 82 valence electrons. The molecule has 0 radical (unpaired) electrons. The Balaban J connectivity index is 1.96. The molecule has 16 heavy (non-hydrogen) atoms. The maximum atomic E-state index is 6.02. The summed E-state index contributed by atoms with van der Waals surface area (Å²) in [7, 11) is 0. The molecule has 0 N–H and O–H groups in total. The van der Waals surface area contributed by atoms with E-state index in [2.05, 4.69) is 52.8 Å². The Hall–Kier alpha value is -0.678. The van der Waals surface area contributed by atoms with Gasteiger partial charge in [-0.3, -0.25) is 0 Å². The average molecular weight is 250 g/mol. The molecule has 0 amide bonds. The molecule has 1 saturated heterocycles. The van der Waals surface area contributed by atoms with E-state index in [0.717, 1.165) is 17.4 Å². The third-order valence-corrected chi connectivity index (χ3v) is 4.15. The summed E-state index contributed by atoms with van der Waals surface area (Å²) >= 11 is 3.04. The Morgan fingerprint density at radius 1 is 1.38 bits per heavy atom. The van der Waals surface area contributed by atoms with E-state index in [1.807, 2.05) is 6.08 Å². The van der Waals surface area contributed by atoms with E-state index in [4.69, 9.17) is 4.74 Å². The van der Waals surface area contributed by atoms with Crippen molar-refractivity contribution in [1.29, 1.82) is 0 Å². The van der Waals surface area contributed by atoms with Crippen molar-refractivity contribution >= 4 is 4.57 Å². The Morgan fingerprint density at radius 3 is 2.75 bits per heavy atom. The number of hydrogen-bond acceptors (Lipinski definition) is 1. The molecule has 1 nitrogen and oxygen atoms in total. The summed E-state index contributed by atoms with van der Waals surface area (Å²) in [6.07, 6.45) is 4.16. The molecule has 1 spiro atoms. The van der Waals surface area contributed by atoms with Gasteiger partial charge in [-0.15, -0.1) is 0 Å². The second-order valence-corrected chi connectivity index (χ2v) is 5.35. The van der Waals surface area contributed by atoms with Gasteiger partial charge in [0.15, 0.2) is 0 Å². The summed E-state index contributed by atoms with van der Waals surface area (Å²) < 4.78 is 7.07. The molecule has 0 bridgehead atoms. The van der Waals surface area contributed by atoms with E-state index in [-0.39, 0.29) is 5.60 Å². The molecule has 1 aliphatic heterocycles.